The predicted molar refractivity (Wildman–Crippen MR) is 121 cm³/mol. The van der Waals surface area contributed by atoms with E-state index in [0.717, 1.165) is 45.6 Å². The van der Waals surface area contributed by atoms with E-state index in [0.29, 0.717) is 17.4 Å². The number of rotatable bonds is 8. The standard InChI is InChI=1S/C25H40N4O/c1-2-10-25(11-4-12-25)20-27-24(30)22-5-3-15-29(19-22)23-8-16-28(17-9-23)18-21-6-13-26-14-7-21/h6-7,13-14,22-23H,2-5,8-12,15-20H2,1H3,(H,27,30)/t22-/m0/s1. The number of hydrogen-bond donors (Lipinski definition) is 1. The molecule has 2 saturated heterocycles. The summed E-state index contributed by atoms with van der Waals surface area (Å²) in [4.78, 5) is 22.2. The molecule has 2 aliphatic heterocycles. The molecule has 0 spiro atoms. The smallest absolute Gasteiger partial charge is 0.224 e. The summed E-state index contributed by atoms with van der Waals surface area (Å²) in [7, 11) is 0. The van der Waals surface area contributed by atoms with Crippen LogP contribution < -0.4 is 5.32 Å². The number of likely N-dealkylation sites (tertiary alicyclic amines) is 2. The van der Waals surface area contributed by atoms with E-state index in [-0.39, 0.29) is 5.92 Å². The maximum Gasteiger partial charge on any atom is 0.224 e. The van der Waals surface area contributed by atoms with Gasteiger partial charge in [0, 0.05) is 38.1 Å². The highest BCUT2D eigenvalue weighted by Crippen LogP contribution is 2.44. The van der Waals surface area contributed by atoms with Crippen LogP contribution in [0.15, 0.2) is 24.5 Å². The van der Waals surface area contributed by atoms with E-state index >= 15 is 0 Å². The van der Waals surface area contributed by atoms with E-state index in [1.54, 1.807) is 0 Å². The van der Waals surface area contributed by atoms with Crippen LogP contribution in [-0.4, -0.2) is 59.5 Å². The third kappa shape index (κ3) is 5.42. The summed E-state index contributed by atoms with van der Waals surface area (Å²) >= 11 is 0. The summed E-state index contributed by atoms with van der Waals surface area (Å²) in [6, 6.07) is 4.88. The van der Waals surface area contributed by atoms with Gasteiger partial charge in [0.2, 0.25) is 5.91 Å². The van der Waals surface area contributed by atoms with E-state index in [1.807, 2.05) is 12.4 Å². The highest BCUT2D eigenvalue weighted by Gasteiger charge is 2.37. The Hall–Kier alpha value is -1.46. The van der Waals surface area contributed by atoms with Crippen LogP contribution in [0.25, 0.3) is 0 Å². The number of piperidine rings is 2. The van der Waals surface area contributed by atoms with Gasteiger partial charge in [-0.2, -0.15) is 0 Å². The largest absolute Gasteiger partial charge is 0.355 e. The highest BCUT2D eigenvalue weighted by atomic mass is 16.1. The Labute approximate surface area is 182 Å². The molecule has 1 aromatic rings. The van der Waals surface area contributed by atoms with Crippen LogP contribution >= 0.6 is 0 Å². The number of nitrogens with one attached hydrogen (secondary N) is 1. The molecule has 1 amide bonds. The van der Waals surface area contributed by atoms with Crippen LogP contribution in [0.1, 0.15) is 70.3 Å². The van der Waals surface area contributed by atoms with E-state index in [1.165, 1.54) is 57.1 Å². The Balaban J connectivity index is 1.22. The number of hydrogen-bond acceptors (Lipinski definition) is 4. The van der Waals surface area contributed by atoms with Crippen molar-refractivity contribution in [3.05, 3.63) is 30.1 Å². The van der Waals surface area contributed by atoms with Gasteiger partial charge in [0.15, 0.2) is 0 Å². The van der Waals surface area contributed by atoms with Crippen molar-refractivity contribution < 1.29 is 4.79 Å². The van der Waals surface area contributed by atoms with Gasteiger partial charge >= 0.3 is 0 Å². The molecule has 0 aromatic carbocycles. The van der Waals surface area contributed by atoms with Gasteiger partial charge in [-0.3, -0.25) is 19.6 Å². The molecule has 1 aromatic heterocycles. The summed E-state index contributed by atoms with van der Waals surface area (Å²) in [5.74, 6) is 0.504. The Morgan fingerprint density at radius 3 is 2.57 bits per heavy atom. The topological polar surface area (TPSA) is 48.5 Å². The van der Waals surface area contributed by atoms with Gasteiger partial charge < -0.3 is 5.32 Å². The average molecular weight is 413 g/mol. The lowest BCUT2D eigenvalue weighted by molar-refractivity contribution is -0.128. The van der Waals surface area contributed by atoms with Gasteiger partial charge in [-0.05, 0) is 87.7 Å². The van der Waals surface area contributed by atoms with E-state index < -0.39 is 0 Å². The fraction of sp³-hybridized carbons (Fsp3) is 0.760. The third-order valence-electron chi connectivity index (χ3n) is 7.88. The van der Waals surface area contributed by atoms with Crippen molar-refractivity contribution in [2.24, 2.45) is 11.3 Å². The zero-order valence-corrected chi connectivity index (χ0v) is 18.8. The molecule has 4 rings (SSSR count). The zero-order chi connectivity index (χ0) is 20.8. The molecular weight excluding hydrogens is 372 g/mol. The lowest BCUT2D eigenvalue weighted by Crippen LogP contribution is -2.51. The molecule has 0 bridgehead atoms. The van der Waals surface area contributed by atoms with E-state index in [9.17, 15) is 4.79 Å². The predicted octanol–water partition coefficient (Wildman–Crippen LogP) is 3.84. The minimum atomic E-state index is 0.187. The van der Waals surface area contributed by atoms with Crippen molar-refractivity contribution in [1.29, 1.82) is 0 Å². The molecule has 5 heteroatoms. The molecule has 1 saturated carbocycles. The number of amides is 1. The minimum Gasteiger partial charge on any atom is -0.355 e. The monoisotopic (exact) mass is 412 g/mol. The molecule has 3 heterocycles. The number of nitrogens with zero attached hydrogens (tertiary/aromatic N) is 3. The SMILES string of the molecule is CCCC1(CNC(=O)[C@H]2CCCN(C3CCN(Cc4ccncc4)CC3)C2)CCC1. The molecule has 5 nitrogen and oxygen atoms in total. The van der Waals surface area contributed by atoms with Crippen LogP contribution in [0.2, 0.25) is 0 Å². The summed E-state index contributed by atoms with van der Waals surface area (Å²) in [5.41, 5.74) is 1.77. The van der Waals surface area contributed by atoms with Crippen molar-refractivity contribution in [3.8, 4) is 0 Å². The average Bonchev–Trinajstić information content (AvgIpc) is 2.76. The molecule has 1 N–H and O–H groups in total. The van der Waals surface area contributed by atoms with Crippen LogP contribution in [0.5, 0.6) is 0 Å². The normalized spacial score (nSPS) is 25.6. The first-order chi connectivity index (χ1) is 14.7. The first-order valence-corrected chi connectivity index (χ1v) is 12.3. The lowest BCUT2D eigenvalue weighted by atomic mass is 9.66. The number of carbonyl (C=O) groups is 1. The maximum atomic E-state index is 12.9. The zero-order valence-electron chi connectivity index (χ0n) is 18.8. The molecule has 3 aliphatic rings. The van der Waals surface area contributed by atoms with Gasteiger partial charge in [-0.1, -0.05) is 19.8 Å². The van der Waals surface area contributed by atoms with Gasteiger partial charge in [-0.25, -0.2) is 0 Å². The van der Waals surface area contributed by atoms with Gasteiger partial charge in [0.1, 0.15) is 0 Å². The van der Waals surface area contributed by atoms with Crippen molar-refractivity contribution in [2.45, 2.75) is 77.3 Å². The molecule has 166 valence electrons. The highest BCUT2D eigenvalue weighted by molar-refractivity contribution is 5.79. The molecular formula is C25H40N4O. The summed E-state index contributed by atoms with van der Waals surface area (Å²) in [6.45, 7) is 8.63. The molecule has 0 radical (unpaired) electrons. The van der Waals surface area contributed by atoms with Crippen LogP contribution in [-0.2, 0) is 11.3 Å². The van der Waals surface area contributed by atoms with Crippen LogP contribution in [0.3, 0.4) is 0 Å². The Kier molecular flexibility index (Phi) is 7.42. The summed E-state index contributed by atoms with van der Waals surface area (Å²) in [5, 5.41) is 3.36. The second-order valence-corrected chi connectivity index (χ2v) is 10.0. The Bertz CT molecular complexity index is 667. The number of aromatic nitrogens is 1. The lowest BCUT2D eigenvalue weighted by Gasteiger charge is -2.44. The van der Waals surface area contributed by atoms with Gasteiger partial charge in [0.25, 0.3) is 0 Å². The first kappa shape index (κ1) is 21.8. The van der Waals surface area contributed by atoms with E-state index in [2.05, 4.69) is 39.2 Å². The Morgan fingerprint density at radius 1 is 1.13 bits per heavy atom. The number of carbonyl (C=O) groups excluding carboxylic acids is 1. The maximum absolute atomic E-state index is 12.9. The third-order valence-corrected chi connectivity index (χ3v) is 7.88. The van der Waals surface area contributed by atoms with E-state index in [4.69, 9.17) is 0 Å². The van der Waals surface area contributed by atoms with Crippen molar-refractivity contribution in [2.75, 3.05) is 32.7 Å². The Morgan fingerprint density at radius 2 is 1.90 bits per heavy atom. The molecule has 3 fully saturated rings. The summed E-state index contributed by atoms with van der Waals surface area (Å²) < 4.78 is 0. The fourth-order valence-electron chi connectivity index (χ4n) is 5.88. The quantitative estimate of drug-likeness (QED) is 0.705. The minimum absolute atomic E-state index is 0.187. The second kappa shape index (κ2) is 10.2. The number of pyridine rings is 1. The molecule has 1 aliphatic carbocycles. The van der Waals surface area contributed by atoms with Gasteiger partial charge in [0.05, 0.1) is 5.92 Å². The van der Waals surface area contributed by atoms with Crippen LogP contribution in [0.4, 0.5) is 0 Å². The summed E-state index contributed by atoms with van der Waals surface area (Å²) in [6.07, 6.45) is 14.9. The van der Waals surface area contributed by atoms with Crippen LogP contribution in [0, 0.1) is 11.3 Å². The first-order valence-electron chi connectivity index (χ1n) is 12.3. The fourth-order valence-corrected chi connectivity index (χ4v) is 5.88. The van der Waals surface area contributed by atoms with Gasteiger partial charge in [-0.15, -0.1) is 0 Å². The van der Waals surface area contributed by atoms with Crippen molar-refractivity contribution in [3.63, 3.8) is 0 Å². The van der Waals surface area contributed by atoms with Crippen molar-refractivity contribution in [1.82, 2.24) is 20.1 Å². The van der Waals surface area contributed by atoms with Crippen molar-refractivity contribution >= 4 is 5.91 Å². The molecule has 0 unspecified atom stereocenters. The second-order valence-electron chi connectivity index (χ2n) is 10.0. The molecule has 1 atom stereocenters. The molecule has 30 heavy (non-hydrogen) atoms.